The minimum atomic E-state index is -0.114. The molecule has 2 unspecified atom stereocenters. The number of hydrogen-bond donors (Lipinski definition) is 1. The Morgan fingerprint density at radius 3 is 2.68 bits per heavy atom. The van der Waals surface area contributed by atoms with Gasteiger partial charge in [-0.05, 0) is 31.9 Å². The lowest BCUT2D eigenvalue weighted by Gasteiger charge is -2.37. The highest BCUT2D eigenvalue weighted by atomic mass is 32.2. The van der Waals surface area contributed by atoms with Crippen molar-refractivity contribution in [1.29, 1.82) is 0 Å². The van der Waals surface area contributed by atoms with Crippen LogP contribution < -0.4 is 5.32 Å². The first-order valence-electron chi connectivity index (χ1n) is 7.92. The van der Waals surface area contributed by atoms with Crippen LogP contribution in [0.25, 0.3) is 0 Å². The van der Waals surface area contributed by atoms with Gasteiger partial charge in [-0.3, -0.25) is 4.79 Å². The maximum atomic E-state index is 12.4. The Labute approximate surface area is 134 Å². The summed E-state index contributed by atoms with van der Waals surface area (Å²) in [5.74, 6) is 0.903. The maximum Gasteiger partial charge on any atom is 0.273 e. The Balaban J connectivity index is 1.37. The summed E-state index contributed by atoms with van der Waals surface area (Å²) in [6.07, 6.45) is 6.70. The molecule has 2 bridgehead atoms. The second-order valence-electron chi connectivity index (χ2n) is 6.42. The average molecular weight is 323 g/mol. The number of aromatic nitrogens is 1. The van der Waals surface area contributed by atoms with Gasteiger partial charge >= 0.3 is 0 Å². The molecule has 0 radical (unpaired) electrons. The second-order valence-corrected chi connectivity index (χ2v) is 7.20. The zero-order valence-corrected chi connectivity index (χ0v) is 13.5. The van der Waals surface area contributed by atoms with Crippen LogP contribution in [-0.2, 0) is 4.74 Å². The number of fused-ring (bicyclic) bond motifs is 2. The van der Waals surface area contributed by atoms with E-state index in [4.69, 9.17) is 9.26 Å². The van der Waals surface area contributed by atoms with Gasteiger partial charge in [0, 0.05) is 24.2 Å². The fourth-order valence-electron chi connectivity index (χ4n) is 3.80. The van der Waals surface area contributed by atoms with Crippen molar-refractivity contribution in [2.75, 3.05) is 19.5 Å². The third-order valence-corrected chi connectivity index (χ3v) is 6.03. The zero-order valence-electron chi connectivity index (χ0n) is 12.7. The van der Waals surface area contributed by atoms with Gasteiger partial charge in [0.1, 0.15) is 5.76 Å². The Morgan fingerprint density at radius 2 is 2.09 bits per heavy atom. The van der Waals surface area contributed by atoms with E-state index in [9.17, 15) is 4.79 Å². The number of carbonyl (C=O) groups excluding carboxylic acids is 1. The predicted octanol–water partition coefficient (Wildman–Crippen LogP) is 1.79. The second kappa shape index (κ2) is 5.86. The van der Waals surface area contributed by atoms with E-state index in [2.05, 4.69) is 21.0 Å². The molecule has 0 aromatic carbocycles. The summed E-state index contributed by atoms with van der Waals surface area (Å²) in [4.78, 5) is 12.4. The standard InChI is InChI=1S/C15H21N3O3S/c1-22-18-11-2-3-12(18)5-10(4-11)16-15(19)13-6-14(21-17-13)9-7-20-8-9/h6,9-12H,2-5,7-8H2,1H3,(H,16,19). The first-order valence-corrected chi connectivity index (χ1v) is 9.10. The van der Waals surface area contributed by atoms with E-state index in [1.807, 2.05) is 11.9 Å². The van der Waals surface area contributed by atoms with Crippen molar-refractivity contribution in [3.05, 3.63) is 17.5 Å². The van der Waals surface area contributed by atoms with Gasteiger partial charge in [-0.1, -0.05) is 17.1 Å². The van der Waals surface area contributed by atoms with Gasteiger partial charge in [0.15, 0.2) is 5.69 Å². The lowest BCUT2D eigenvalue weighted by Crippen LogP contribution is -2.47. The first-order chi connectivity index (χ1) is 10.7. The minimum absolute atomic E-state index is 0.114. The van der Waals surface area contributed by atoms with Crippen molar-refractivity contribution in [2.45, 2.75) is 49.7 Å². The number of ether oxygens (including phenoxy) is 1. The number of piperidine rings is 1. The molecule has 0 saturated carbocycles. The van der Waals surface area contributed by atoms with Gasteiger partial charge in [0.25, 0.3) is 5.91 Å². The molecule has 22 heavy (non-hydrogen) atoms. The molecule has 3 aliphatic rings. The lowest BCUT2D eigenvalue weighted by atomic mass is 9.99. The van der Waals surface area contributed by atoms with Crippen LogP contribution in [0.15, 0.2) is 10.6 Å². The molecule has 4 rings (SSSR count). The fraction of sp³-hybridized carbons (Fsp3) is 0.733. The molecule has 1 N–H and O–H groups in total. The Hall–Kier alpha value is -1.05. The number of nitrogens with zero attached hydrogens (tertiary/aromatic N) is 2. The van der Waals surface area contributed by atoms with Gasteiger partial charge in [-0.15, -0.1) is 0 Å². The van der Waals surface area contributed by atoms with Crippen LogP contribution in [-0.4, -0.2) is 53.0 Å². The highest BCUT2D eigenvalue weighted by molar-refractivity contribution is 7.96. The number of rotatable bonds is 4. The molecule has 6 nitrogen and oxygen atoms in total. The number of carbonyl (C=O) groups is 1. The maximum absolute atomic E-state index is 12.4. The summed E-state index contributed by atoms with van der Waals surface area (Å²) in [7, 11) is 0. The van der Waals surface area contributed by atoms with Crippen LogP contribution in [0.4, 0.5) is 0 Å². The summed E-state index contributed by atoms with van der Waals surface area (Å²) in [6.45, 7) is 1.32. The lowest BCUT2D eigenvalue weighted by molar-refractivity contribution is -0.00228. The molecule has 7 heteroatoms. The van der Waals surface area contributed by atoms with Crippen molar-refractivity contribution in [1.82, 2.24) is 14.8 Å². The Morgan fingerprint density at radius 1 is 1.36 bits per heavy atom. The molecule has 1 aromatic rings. The topological polar surface area (TPSA) is 67.6 Å². The van der Waals surface area contributed by atoms with E-state index >= 15 is 0 Å². The summed E-state index contributed by atoms with van der Waals surface area (Å²) < 4.78 is 12.9. The Kier molecular flexibility index (Phi) is 3.88. The van der Waals surface area contributed by atoms with Gasteiger partial charge < -0.3 is 14.6 Å². The summed E-state index contributed by atoms with van der Waals surface area (Å²) in [6, 6.07) is 3.20. The SMILES string of the molecule is CSN1C2CCC1CC(NC(=O)c1cc(C3COC3)on1)C2. The van der Waals surface area contributed by atoms with Crippen LogP contribution in [0.5, 0.6) is 0 Å². The molecule has 0 spiro atoms. The normalized spacial score (nSPS) is 32.0. The summed E-state index contributed by atoms with van der Waals surface area (Å²) >= 11 is 1.84. The van der Waals surface area contributed by atoms with Crippen molar-refractivity contribution >= 4 is 17.9 Å². The third kappa shape index (κ3) is 2.55. The van der Waals surface area contributed by atoms with E-state index in [0.29, 0.717) is 31.0 Å². The monoisotopic (exact) mass is 323 g/mol. The summed E-state index contributed by atoms with van der Waals surface area (Å²) in [5.41, 5.74) is 0.390. The highest BCUT2D eigenvalue weighted by Gasteiger charge is 2.41. The molecule has 0 aliphatic carbocycles. The average Bonchev–Trinajstić information content (AvgIpc) is 3.00. The largest absolute Gasteiger partial charge is 0.380 e. The number of amides is 1. The van der Waals surface area contributed by atoms with E-state index in [1.165, 1.54) is 12.8 Å². The van der Waals surface area contributed by atoms with Gasteiger partial charge in [0.2, 0.25) is 0 Å². The van der Waals surface area contributed by atoms with Crippen LogP contribution in [0.2, 0.25) is 0 Å². The van der Waals surface area contributed by atoms with E-state index in [-0.39, 0.29) is 17.9 Å². The van der Waals surface area contributed by atoms with Crippen LogP contribution >= 0.6 is 11.9 Å². The van der Waals surface area contributed by atoms with Gasteiger partial charge in [0.05, 0.1) is 19.1 Å². The Bertz CT molecular complexity index is 546. The first kappa shape index (κ1) is 14.5. The highest BCUT2D eigenvalue weighted by Crippen LogP contribution is 2.39. The predicted molar refractivity (Wildman–Crippen MR) is 82.7 cm³/mol. The van der Waals surface area contributed by atoms with E-state index in [1.54, 1.807) is 6.07 Å². The van der Waals surface area contributed by atoms with Crippen molar-refractivity contribution in [2.24, 2.45) is 0 Å². The molecular formula is C15H21N3O3S. The molecule has 3 saturated heterocycles. The quantitative estimate of drug-likeness (QED) is 0.852. The molecule has 4 heterocycles. The molecule has 1 aromatic heterocycles. The minimum Gasteiger partial charge on any atom is -0.380 e. The third-order valence-electron chi connectivity index (χ3n) is 5.01. The molecule has 1 amide bonds. The summed E-state index contributed by atoms with van der Waals surface area (Å²) in [5, 5.41) is 7.05. The molecule has 3 fully saturated rings. The van der Waals surface area contributed by atoms with Crippen molar-refractivity contribution in [3.8, 4) is 0 Å². The van der Waals surface area contributed by atoms with Crippen LogP contribution in [0.1, 0.15) is 47.8 Å². The number of hydrogen-bond acceptors (Lipinski definition) is 6. The molecule has 120 valence electrons. The molecule has 3 aliphatic heterocycles. The van der Waals surface area contributed by atoms with Crippen LogP contribution in [0, 0.1) is 0 Å². The van der Waals surface area contributed by atoms with Gasteiger partial charge in [-0.25, -0.2) is 4.31 Å². The molecule has 2 atom stereocenters. The zero-order chi connectivity index (χ0) is 15.1. The number of nitrogens with one attached hydrogen (secondary N) is 1. The van der Waals surface area contributed by atoms with Crippen LogP contribution in [0.3, 0.4) is 0 Å². The van der Waals surface area contributed by atoms with Crippen molar-refractivity contribution in [3.63, 3.8) is 0 Å². The smallest absolute Gasteiger partial charge is 0.273 e. The fourth-order valence-corrected chi connectivity index (χ4v) is 4.78. The van der Waals surface area contributed by atoms with Gasteiger partial charge in [-0.2, -0.15) is 0 Å². The molecular weight excluding hydrogens is 302 g/mol. The van der Waals surface area contributed by atoms with E-state index in [0.717, 1.165) is 18.6 Å². The van der Waals surface area contributed by atoms with Crippen molar-refractivity contribution < 1.29 is 14.1 Å². The van der Waals surface area contributed by atoms with E-state index < -0.39 is 0 Å².